The fourth-order valence-corrected chi connectivity index (χ4v) is 2.11. The van der Waals surface area contributed by atoms with Gasteiger partial charge in [0.05, 0.1) is 0 Å². The number of hydrogen-bond acceptors (Lipinski definition) is 2. The summed E-state index contributed by atoms with van der Waals surface area (Å²) >= 11 is 0. The van der Waals surface area contributed by atoms with Crippen LogP contribution in [0, 0.1) is 11.6 Å². The van der Waals surface area contributed by atoms with Gasteiger partial charge in [0.25, 0.3) is 0 Å². The predicted octanol–water partition coefficient (Wildman–Crippen LogP) is 7.91. The van der Waals surface area contributed by atoms with E-state index >= 15 is 0 Å². The first kappa shape index (κ1) is 32.1. The van der Waals surface area contributed by atoms with Crippen molar-refractivity contribution < 1.29 is 71.5 Å². The van der Waals surface area contributed by atoms with Crippen LogP contribution in [0.2, 0.25) is 0 Å². The zero-order valence-electron chi connectivity index (χ0n) is 17.7. The molecule has 4 aromatic rings. The van der Waals surface area contributed by atoms with Crippen molar-refractivity contribution >= 4 is 0 Å². The minimum atomic E-state index is -4.72. The van der Waals surface area contributed by atoms with E-state index in [1.165, 1.54) is 0 Å². The first-order valence-corrected chi connectivity index (χ1v) is 9.27. The molecule has 0 saturated carbocycles. The molecule has 186 valence electrons. The SMILES string of the molecule is Oc1ccc(F)cc1C(F)(F)F.Oc1ccc(F)cc1C(F)(F)F.[Zr+2].c1cc[cH-]c1.c1cc[cH-]c1. The standard InChI is InChI=1S/2C7H4F4O.2C5H5.Zr/c2*8-4-1-2-6(12)5(3-4)7(9,10)11;2*1-2-4-5-3-1;/h2*1-3,12H;2*1-5H;/q;;2*-1;+2. The zero-order valence-corrected chi connectivity index (χ0v) is 20.1. The van der Waals surface area contributed by atoms with Gasteiger partial charge in [-0.25, -0.2) is 33.0 Å². The summed E-state index contributed by atoms with van der Waals surface area (Å²) in [6.45, 7) is 0. The summed E-state index contributed by atoms with van der Waals surface area (Å²) in [5, 5.41) is 17.4. The Morgan fingerprint density at radius 2 is 0.829 bits per heavy atom. The summed E-state index contributed by atoms with van der Waals surface area (Å²) in [6, 6.07) is 23.3. The van der Waals surface area contributed by atoms with E-state index in [0.717, 1.165) is 12.1 Å². The molecule has 11 heteroatoms. The van der Waals surface area contributed by atoms with E-state index in [9.17, 15) is 35.1 Å². The maximum Gasteiger partial charge on any atom is 2.00 e. The molecule has 0 aliphatic rings. The molecule has 0 amide bonds. The summed E-state index contributed by atoms with van der Waals surface area (Å²) in [4.78, 5) is 0. The van der Waals surface area contributed by atoms with Crippen molar-refractivity contribution in [3.63, 3.8) is 0 Å². The Morgan fingerprint density at radius 1 is 0.543 bits per heavy atom. The summed E-state index contributed by atoms with van der Waals surface area (Å²) in [5.74, 6) is -3.99. The van der Waals surface area contributed by atoms with Crippen LogP contribution in [-0.4, -0.2) is 10.2 Å². The number of rotatable bonds is 0. The molecule has 0 atom stereocenters. The molecule has 0 spiro atoms. The molecule has 0 aromatic heterocycles. The topological polar surface area (TPSA) is 40.5 Å². The molecule has 0 unspecified atom stereocenters. The van der Waals surface area contributed by atoms with Gasteiger partial charge >= 0.3 is 38.6 Å². The Bertz CT molecular complexity index is 952. The second kappa shape index (κ2) is 15.1. The van der Waals surface area contributed by atoms with Crippen LogP contribution in [0.15, 0.2) is 97.1 Å². The first-order valence-electron chi connectivity index (χ1n) is 9.27. The van der Waals surface area contributed by atoms with Gasteiger partial charge in [-0.05, 0) is 36.4 Å². The van der Waals surface area contributed by atoms with Crippen LogP contribution in [0.25, 0.3) is 0 Å². The number of aromatic hydroxyl groups is 2. The number of hydrogen-bond donors (Lipinski definition) is 2. The number of alkyl halides is 6. The Morgan fingerprint density at radius 3 is 1.00 bits per heavy atom. The molecular weight excluding hydrogens is 563 g/mol. The Balaban J connectivity index is 0.000000468. The van der Waals surface area contributed by atoms with Gasteiger partial charge in [-0.15, -0.1) is 0 Å². The van der Waals surface area contributed by atoms with Gasteiger partial charge < -0.3 is 10.2 Å². The molecule has 0 radical (unpaired) electrons. The largest absolute Gasteiger partial charge is 2.00 e. The van der Waals surface area contributed by atoms with E-state index < -0.39 is 46.6 Å². The van der Waals surface area contributed by atoms with Gasteiger partial charge in [-0.1, -0.05) is 0 Å². The Labute approximate surface area is 214 Å². The van der Waals surface area contributed by atoms with E-state index in [1.807, 2.05) is 60.7 Å². The molecule has 0 aliphatic heterocycles. The summed E-state index contributed by atoms with van der Waals surface area (Å²) < 4.78 is 95.9. The molecule has 0 heterocycles. The third-order valence-corrected chi connectivity index (χ3v) is 3.64. The van der Waals surface area contributed by atoms with E-state index in [-0.39, 0.29) is 38.3 Å². The van der Waals surface area contributed by atoms with Gasteiger partial charge in [0.15, 0.2) is 0 Å². The summed E-state index contributed by atoms with van der Waals surface area (Å²) in [6.07, 6.45) is -9.43. The first-order chi connectivity index (χ1) is 15.8. The Kier molecular flexibility index (Phi) is 13.9. The number of halogens is 8. The quantitative estimate of drug-likeness (QED) is 0.164. The van der Waals surface area contributed by atoms with Gasteiger partial charge in [0.1, 0.15) is 34.3 Å². The molecule has 35 heavy (non-hydrogen) atoms. The normalized spacial score (nSPS) is 10.3. The molecule has 2 N–H and O–H groups in total. The second-order valence-corrected chi connectivity index (χ2v) is 6.24. The van der Waals surface area contributed by atoms with Crippen molar-refractivity contribution in [3.05, 3.63) is 120 Å². The minimum absolute atomic E-state index is 0. The van der Waals surface area contributed by atoms with Crippen molar-refractivity contribution in [3.8, 4) is 11.5 Å². The molecule has 4 rings (SSSR count). The molecule has 2 nitrogen and oxygen atoms in total. The van der Waals surface area contributed by atoms with Crippen LogP contribution in [0.4, 0.5) is 35.1 Å². The average Bonchev–Trinajstić information content (AvgIpc) is 3.49. The van der Waals surface area contributed by atoms with Gasteiger partial charge in [-0.3, -0.25) is 0 Å². The van der Waals surface area contributed by atoms with Crippen LogP contribution in [0.5, 0.6) is 11.5 Å². The van der Waals surface area contributed by atoms with Gasteiger partial charge in [0, 0.05) is 0 Å². The molecule has 0 fully saturated rings. The monoisotopic (exact) mass is 580 g/mol. The number of phenolic OH excluding ortho intramolecular Hbond substituents is 2. The third kappa shape index (κ3) is 12.9. The maximum absolute atomic E-state index is 12.3. The van der Waals surface area contributed by atoms with Crippen molar-refractivity contribution in [2.45, 2.75) is 12.4 Å². The third-order valence-electron chi connectivity index (χ3n) is 3.64. The maximum atomic E-state index is 12.3. The molecule has 0 bridgehead atoms. The van der Waals surface area contributed by atoms with Crippen LogP contribution < -0.4 is 0 Å². The summed E-state index contributed by atoms with van der Waals surface area (Å²) in [5.41, 5.74) is -2.72. The molecule has 4 aromatic carbocycles. The number of benzene rings is 2. The molecule has 0 saturated heterocycles. The van der Waals surface area contributed by atoms with Crippen LogP contribution in [0.3, 0.4) is 0 Å². The average molecular weight is 582 g/mol. The second-order valence-electron chi connectivity index (χ2n) is 6.24. The van der Waals surface area contributed by atoms with E-state index in [4.69, 9.17) is 10.2 Å². The van der Waals surface area contributed by atoms with Crippen LogP contribution in [0.1, 0.15) is 11.1 Å². The van der Waals surface area contributed by atoms with Gasteiger partial charge in [0.2, 0.25) is 0 Å². The van der Waals surface area contributed by atoms with E-state index in [1.54, 1.807) is 0 Å². The van der Waals surface area contributed by atoms with E-state index in [2.05, 4.69) is 0 Å². The smallest absolute Gasteiger partial charge is 0.507 e. The van der Waals surface area contributed by atoms with Crippen molar-refractivity contribution in [1.82, 2.24) is 0 Å². The summed E-state index contributed by atoms with van der Waals surface area (Å²) in [7, 11) is 0. The minimum Gasteiger partial charge on any atom is -0.507 e. The fourth-order valence-electron chi connectivity index (χ4n) is 2.11. The Hall–Kier alpha value is -2.94. The van der Waals surface area contributed by atoms with Gasteiger partial charge in [-0.2, -0.15) is 62.7 Å². The zero-order chi connectivity index (χ0) is 25.8. The van der Waals surface area contributed by atoms with E-state index in [0.29, 0.717) is 12.1 Å². The van der Waals surface area contributed by atoms with Crippen LogP contribution >= 0.6 is 0 Å². The fraction of sp³-hybridized carbons (Fsp3) is 0.0833. The molecular formula is C24H18F8O2Zr. The molecule has 0 aliphatic carbocycles. The number of phenols is 2. The van der Waals surface area contributed by atoms with Crippen molar-refractivity contribution in [2.75, 3.05) is 0 Å². The predicted molar refractivity (Wildman–Crippen MR) is 110 cm³/mol. The van der Waals surface area contributed by atoms with Crippen molar-refractivity contribution in [1.29, 1.82) is 0 Å². The van der Waals surface area contributed by atoms with Crippen LogP contribution in [-0.2, 0) is 38.6 Å². The van der Waals surface area contributed by atoms with Crippen molar-refractivity contribution in [2.24, 2.45) is 0 Å².